The Bertz CT molecular complexity index is 1290. The van der Waals surface area contributed by atoms with Gasteiger partial charge in [0.1, 0.15) is 6.54 Å². The van der Waals surface area contributed by atoms with Gasteiger partial charge in [-0.1, -0.05) is 69.9 Å². The lowest BCUT2D eigenvalue weighted by Gasteiger charge is -2.25. The number of benzene rings is 2. The lowest BCUT2D eigenvalue weighted by atomic mass is 10.0. The first-order chi connectivity index (χ1) is 18.3. The van der Waals surface area contributed by atoms with E-state index in [1.54, 1.807) is 0 Å². The molecule has 0 spiro atoms. The molecule has 0 unspecified atom stereocenters. The quantitative estimate of drug-likeness (QED) is 0.111. The van der Waals surface area contributed by atoms with E-state index >= 15 is 0 Å². The molecule has 206 valence electrons. The highest BCUT2D eigenvalue weighted by Crippen LogP contribution is 2.24. The largest absolute Gasteiger partial charge is 0.748 e. The number of nitrogens with zero attached hydrogens (tertiary/aromatic N) is 2. The summed E-state index contributed by atoms with van der Waals surface area (Å²) in [4.78, 5) is 2.56. The maximum atomic E-state index is 10.9. The number of aryl methyl sites for hydroxylation is 2. The Morgan fingerprint density at radius 2 is 1.53 bits per heavy atom. The minimum Gasteiger partial charge on any atom is -0.748 e. The molecule has 5 nitrogen and oxygen atoms in total. The Kier molecular flexibility index (Phi) is 11.8. The Morgan fingerprint density at radius 1 is 0.842 bits per heavy atom. The molecule has 0 fully saturated rings. The third-order valence-corrected chi connectivity index (χ3v) is 7.91. The summed E-state index contributed by atoms with van der Waals surface area (Å²) in [7, 11) is -4.15. The zero-order valence-corrected chi connectivity index (χ0v) is 24.2. The van der Waals surface area contributed by atoms with Gasteiger partial charge in [-0.15, -0.1) is 0 Å². The van der Waals surface area contributed by atoms with Gasteiger partial charge in [0, 0.05) is 43.1 Å². The molecule has 0 saturated heterocycles. The topological polar surface area (TPSA) is 64.3 Å². The minimum absolute atomic E-state index is 0.306. The number of rotatable bonds is 16. The molecular weight excluding hydrogens is 492 g/mol. The van der Waals surface area contributed by atoms with E-state index < -0.39 is 10.1 Å². The Labute approximate surface area is 230 Å². The van der Waals surface area contributed by atoms with Crippen molar-refractivity contribution < 1.29 is 17.5 Å². The maximum absolute atomic E-state index is 10.9. The summed E-state index contributed by atoms with van der Waals surface area (Å²) >= 11 is 0. The van der Waals surface area contributed by atoms with Crippen molar-refractivity contribution in [2.75, 3.05) is 23.7 Å². The first kappa shape index (κ1) is 29.9. The number of fused-ring (bicyclic) bond motifs is 1. The molecule has 1 aromatic heterocycles. The highest BCUT2D eigenvalue weighted by molar-refractivity contribution is 7.85. The third-order valence-electron chi connectivity index (χ3n) is 7.13. The first-order valence-electron chi connectivity index (χ1n) is 14.2. The van der Waals surface area contributed by atoms with Gasteiger partial charge < -0.3 is 9.45 Å². The van der Waals surface area contributed by atoms with Crippen molar-refractivity contribution in [2.45, 2.75) is 78.7 Å². The molecule has 2 aromatic carbocycles. The molecular formula is C32H44N2O3S. The standard InChI is InChI=1S/C32H44N2O3S/c1-4-6-10-21-33(22-11-7-5-2)30-19-18-28(27(3)26-30)16-17-29-20-24-34(23-12-13-25-38(35,36)37)32-15-9-8-14-31(29)32/h8-9,14-20,24,26H,4-7,10-13,21-23,25H2,1-3H3. The fourth-order valence-electron chi connectivity index (χ4n) is 4.91. The summed E-state index contributed by atoms with van der Waals surface area (Å²) < 4.78 is 34.8. The van der Waals surface area contributed by atoms with E-state index in [9.17, 15) is 13.0 Å². The number of para-hydroxylation sites is 1. The summed E-state index contributed by atoms with van der Waals surface area (Å²) in [5.74, 6) is -0.306. The van der Waals surface area contributed by atoms with E-state index in [1.165, 1.54) is 55.3 Å². The monoisotopic (exact) mass is 536 g/mol. The highest BCUT2D eigenvalue weighted by atomic mass is 32.2. The van der Waals surface area contributed by atoms with Crippen molar-refractivity contribution >= 4 is 38.9 Å². The molecule has 0 N–H and O–H groups in total. The zero-order valence-electron chi connectivity index (χ0n) is 23.4. The van der Waals surface area contributed by atoms with E-state index in [2.05, 4.69) is 78.8 Å². The number of unbranched alkanes of at least 4 members (excludes halogenated alkanes) is 5. The molecule has 6 heteroatoms. The molecule has 3 rings (SSSR count). The van der Waals surface area contributed by atoms with E-state index in [0.717, 1.165) is 29.6 Å². The van der Waals surface area contributed by atoms with E-state index in [1.807, 2.05) is 18.3 Å². The van der Waals surface area contributed by atoms with Gasteiger partial charge in [0.15, 0.2) is 6.20 Å². The summed E-state index contributed by atoms with van der Waals surface area (Å²) in [5, 5.41) is 1.15. The van der Waals surface area contributed by atoms with Crippen LogP contribution in [0.25, 0.3) is 23.1 Å². The van der Waals surface area contributed by atoms with Gasteiger partial charge in [-0.2, -0.15) is 4.57 Å². The molecule has 0 bridgehead atoms. The second kappa shape index (κ2) is 15.0. The molecule has 0 atom stereocenters. The molecule has 0 radical (unpaired) electrons. The predicted octanol–water partition coefficient (Wildman–Crippen LogP) is 7.12. The van der Waals surface area contributed by atoms with Crippen LogP contribution in [0.3, 0.4) is 0 Å². The number of anilines is 1. The van der Waals surface area contributed by atoms with Crippen LogP contribution in [0, 0.1) is 6.92 Å². The van der Waals surface area contributed by atoms with Crippen LogP contribution in [0.2, 0.25) is 0 Å². The second-order valence-electron chi connectivity index (χ2n) is 10.2. The number of hydrogen-bond acceptors (Lipinski definition) is 4. The average molecular weight is 537 g/mol. The van der Waals surface area contributed by atoms with Gasteiger partial charge >= 0.3 is 0 Å². The molecule has 0 aliphatic heterocycles. The Hall–Kier alpha value is -2.70. The van der Waals surface area contributed by atoms with Crippen LogP contribution in [0.15, 0.2) is 54.7 Å². The van der Waals surface area contributed by atoms with Crippen LogP contribution in [0.1, 0.15) is 81.9 Å². The third kappa shape index (κ3) is 9.25. The van der Waals surface area contributed by atoms with Gasteiger partial charge in [-0.3, -0.25) is 0 Å². The number of hydrogen-bond donors (Lipinski definition) is 0. The smallest absolute Gasteiger partial charge is 0.213 e. The van der Waals surface area contributed by atoms with Crippen molar-refractivity contribution in [1.29, 1.82) is 0 Å². The Balaban J connectivity index is 1.76. The van der Waals surface area contributed by atoms with Gasteiger partial charge in [0.05, 0.1) is 15.5 Å². The van der Waals surface area contributed by atoms with Crippen molar-refractivity contribution in [3.05, 3.63) is 71.4 Å². The zero-order chi connectivity index (χ0) is 27.4. The number of pyridine rings is 1. The van der Waals surface area contributed by atoms with Crippen molar-refractivity contribution in [3.63, 3.8) is 0 Å². The van der Waals surface area contributed by atoms with Crippen LogP contribution in [0.5, 0.6) is 0 Å². The summed E-state index contributed by atoms with van der Waals surface area (Å²) in [6.07, 6.45) is 15.0. The maximum Gasteiger partial charge on any atom is 0.213 e. The molecule has 3 aromatic rings. The van der Waals surface area contributed by atoms with Crippen LogP contribution in [-0.4, -0.2) is 31.8 Å². The lowest BCUT2D eigenvalue weighted by Crippen LogP contribution is -2.34. The molecule has 0 amide bonds. The fourth-order valence-corrected chi connectivity index (χ4v) is 5.47. The average Bonchev–Trinajstić information content (AvgIpc) is 2.89. The predicted molar refractivity (Wildman–Crippen MR) is 159 cm³/mol. The Morgan fingerprint density at radius 3 is 2.18 bits per heavy atom. The fraction of sp³-hybridized carbons (Fsp3) is 0.469. The molecule has 0 saturated carbocycles. The van der Waals surface area contributed by atoms with Gasteiger partial charge in [0.2, 0.25) is 5.52 Å². The van der Waals surface area contributed by atoms with Gasteiger partial charge in [-0.25, -0.2) is 8.42 Å². The van der Waals surface area contributed by atoms with Crippen molar-refractivity contribution in [1.82, 2.24) is 0 Å². The van der Waals surface area contributed by atoms with Gasteiger partial charge in [-0.05, 0) is 61.1 Å². The van der Waals surface area contributed by atoms with Crippen LogP contribution in [0.4, 0.5) is 5.69 Å². The molecule has 0 aliphatic rings. The number of aromatic nitrogens is 1. The van der Waals surface area contributed by atoms with Crippen molar-refractivity contribution in [3.8, 4) is 0 Å². The second-order valence-corrected chi connectivity index (χ2v) is 11.7. The SMILES string of the molecule is CCCCCN(CCCCC)c1ccc(/C=C/c2cc[n+](CCCCS(=O)(=O)[O-])c3ccccc23)c(C)c1. The first-order valence-corrected chi connectivity index (χ1v) is 15.8. The summed E-state index contributed by atoms with van der Waals surface area (Å²) in [6.45, 7) is 9.62. The summed E-state index contributed by atoms with van der Waals surface area (Å²) in [5.41, 5.74) is 6.06. The lowest BCUT2D eigenvalue weighted by molar-refractivity contribution is -0.671. The van der Waals surface area contributed by atoms with Crippen LogP contribution < -0.4 is 9.47 Å². The van der Waals surface area contributed by atoms with E-state index in [4.69, 9.17) is 0 Å². The molecule has 0 aliphatic carbocycles. The molecule has 1 heterocycles. The van der Waals surface area contributed by atoms with Crippen molar-refractivity contribution in [2.24, 2.45) is 0 Å². The van der Waals surface area contributed by atoms with E-state index in [0.29, 0.717) is 19.4 Å². The van der Waals surface area contributed by atoms with E-state index in [-0.39, 0.29) is 5.75 Å². The van der Waals surface area contributed by atoms with Gasteiger partial charge in [0.25, 0.3) is 0 Å². The van der Waals surface area contributed by atoms with Crippen LogP contribution >= 0.6 is 0 Å². The minimum atomic E-state index is -4.15. The van der Waals surface area contributed by atoms with Crippen LogP contribution in [-0.2, 0) is 16.7 Å². The highest BCUT2D eigenvalue weighted by Gasteiger charge is 2.12. The normalized spacial score (nSPS) is 12.0. The summed E-state index contributed by atoms with van der Waals surface area (Å²) in [6, 6.07) is 17.2. The molecule has 38 heavy (non-hydrogen) atoms.